The van der Waals surface area contributed by atoms with Crippen LogP contribution in [0.25, 0.3) is 0 Å². The van der Waals surface area contributed by atoms with Gasteiger partial charge in [-0.2, -0.15) is 0 Å². The van der Waals surface area contributed by atoms with Gasteiger partial charge in [-0.3, -0.25) is 9.79 Å². The zero-order chi connectivity index (χ0) is 19.4. The molecule has 140 valence electrons. The third kappa shape index (κ3) is 5.08. The van der Waals surface area contributed by atoms with Crippen molar-refractivity contribution in [3.63, 3.8) is 0 Å². The number of nitrogens with one attached hydrogen (secondary N) is 1. The fourth-order valence-corrected chi connectivity index (χ4v) is 3.77. The van der Waals surface area contributed by atoms with E-state index in [1.807, 2.05) is 62.4 Å². The molecular weight excluding hydrogens is 422 g/mol. The van der Waals surface area contributed by atoms with Crippen LogP contribution in [0.3, 0.4) is 0 Å². The molecule has 1 amide bonds. The quantitative estimate of drug-likeness (QED) is 0.666. The van der Waals surface area contributed by atoms with Gasteiger partial charge in [-0.15, -0.1) is 0 Å². The number of carbonyl (C=O) groups excluding carboxylic acids is 1. The lowest BCUT2D eigenvalue weighted by molar-refractivity contribution is -0.113. The second-order valence-electron chi connectivity index (χ2n) is 6.66. The van der Waals surface area contributed by atoms with E-state index in [9.17, 15) is 4.79 Å². The van der Waals surface area contributed by atoms with Crippen molar-refractivity contribution >= 4 is 50.0 Å². The zero-order valence-corrected chi connectivity index (χ0v) is 18.0. The van der Waals surface area contributed by atoms with Gasteiger partial charge in [0.15, 0.2) is 0 Å². The number of aryl methyl sites for hydroxylation is 1. The number of nitrogens with zero attached hydrogens (tertiary/aromatic N) is 2. The summed E-state index contributed by atoms with van der Waals surface area (Å²) in [5, 5.41) is 3.75. The molecule has 0 saturated heterocycles. The molecule has 0 spiro atoms. The highest BCUT2D eigenvalue weighted by atomic mass is 79.9. The molecule has 6 heteroatoms. The van der Waals surface area contributed by atoms with Gasteiger partial charge in [0.25, 0.3) is 0 Å². The molecule has 2 aromatic carbocycles. The van der Waals surface area contributed by atoms with E-state index in [2.05, 4.69) is 28.2 Å². The molecule has 0 radical (unpaired) electrons. The van der Waals surface area contributed by atoms with Crippen LogP contribution in [0, 0.1) is 6.92 Å². The molecule has 0 bridgehead atoms. The third-order valence-corrected chi connectivity index (χ3v) is 5.85. The van der Waals surface area contributed by atoms with E-state index >= 15 is 0 Å². The first-order valence-corrected chi connectivity index (χ1v) is 10.6. The number of carbonyl (C=O) groups is 1. The Morgan fingerprint density at radius 2 is 1.78 bits per heavy atom. The van der Waals surface area contributed by atoms with Crippen molar-refractivity contribution in [3.05, 3.63) is 64.1 Å². The SMILES string of the molecule is CCC1(C)N=C(SCC(=O)Nc2ccc(C)cc2)C(c2ccc(Br)cc2)=N1. The van der Waals surface area contributed by atoms with Crippen LogP contribution < -0.4 is 5.32 Å². The second kappa shape index (κ2) is 8.40. The minimum Gasteiger partial charge on any atom is -0.325 e. The highest BCUT2D eigenvalue weighted by Crippen LogP contribution is 2.30. The van der Waals surface area contributed by atoms with E-state index in [1.54, 1.807) is 0 Å². The number of hydrogen-bond acceptors (Lipinski definition) is 4. The number of hydrogen-bond donors (Lipinski definition) is 1. The fourth-order valence-electron chi connectivity index (χ4n) is 2.61. The number of amides is 1. The summed E-state index contributed by atoms with van der Waals surface area (Å²) in [6, 6.07) is 15.8. The van der Waals surface area contributed by atoms with E-state index in [4.69, 9.17) is 9.98 Å². The predicted octanol–water partition coefficient (Wildman–Crippen LogP) is 5.46. The second-order valence-corrected chi connectivity index (χ2v) is 8.54. The first kappa shape index (κ1) is 19.8. The Balaban J connectivity index is 1.70. The summed E-state index contributed by atoms with van der Waals surface area (Å²) < 4.78 is 1.02. The maximum atomic E-state index is 12.3. The Hall–Kier alpha value is -1.92. The fraction of sp³-hybridized carbons (Fsp3) is 0.286. The van der Waals surface area contributed by atoms with Crippen molar-refractivity contribution in [1.82, 2.24) is 0 Å². The summed E-state index contributed by atoms with van der Waals surface area (Å²) in [7, 11) is 0. The molecule has 1 aliphatic rings. The first-order valence-electron chi connectivity index (χ1n) is 8.84. The minimum absolute atomic E-state index is 0.0492. The number of halogens is 1. The average Bonchev–Trinajstić information content (AvgIpc) is 3.00. The summed E-state index contributed by atoms with van der Waals surface area (Å²) >= 11 is 4.90. The van der Waals surface area contributed by atoms with Crippen LogP contribution in [0.2, 0.25) is 0 Å². The monoisotopic (exact) mass is 443 g/mol. The van der Waals surface area contributed by atoms with Gasteiger partial charge in [-0.1, -0.05) is 64.4 Å². The standard InChI is InChI=1S/C21H22BrN3OS/c1-4-21(3)24-19(15-7-9-16(22)10-8-15)20(25-21)27-13-18(26)23-17-11-5-14(2)6-12-17/h5-12H,4,13H2,1-3H3,(H,23,26). The van der Waals surface area contributed by atoms with Gasteiger partial charge < -0.3 is 5.32 Å². The summed E-state index contributed by atoms with van der Waals surface area (Å²) in [5.41, 5.74) is 3.38. The Morgan fingerprint density at radius 3 is 2.41 bits per heavy atom. The van der Waals surface area contributed by atoms with Crippen molar-refractivity contribution in [2.24, 2.45) is 9.98 Å². The van der Waals surface area contributed by atoms with Crippen molar-refractivity contribution in [2.75, 3.05) is 11.1 Å². The van der Waals surface area contributed by atoms with Gasteiger partial charge in [0, 0.05) is 15.7 Å². The molecule has 0 aliphatic carbocycles. The maximum absolute atomic E-state index is 12.3. The molecule has 1 heterocycles. The van der Waals surface area contributed by atoms with Crippen molar-refractivity contribution in [1.29, 1.82) is 0 Å². The van der Waals surface area contributed by atoms with Gasteiger partial charge in [0.05, 0.1) is 11.5 Å². The molecule has 1 aliphatic heterocycles. The molecule has 4 nitrogen and oxygen atoms in total. The molecule has 2 aromatic rings. The summed E-state index contributed by atoms with van der Waals surface area (Å²) in [4.78, 5) is 22.0. The van der Waals surface area contributed by atoms with Gasteiger partial charge in [-0.05, 0) is 44.5 Å². The van der Waals surface area contributed by atoms with Crippen LogP contribution in [0.15, 0.2) is 63.0 Å². The Morgan fingerprint density at radius 1 is 1.11 bits per heavy atom. The average molecular weight is 444 g/mol. The maximum Gasteiger partial charge on any atom is 0.234 e. The van der Waals surface area contributed by atoms with E-state index in [1.165, 1.54) is 11.8 Å². The smallest absolute Gasteiger partial charge is 0.234 e. The van der Waals surface area contributed by atoms with Crippen LogP contribution in [-0.4, -0.2) is 28.1 Å². The minimum atomic E-state index is -0.460. The highest BCUT2D eigenvalue weighted by molar-refractivity contribution is 9.10. The molecule has 0 saturated carbocycles. The Labute approximate surface area is 172 Å². The number of anilines is 1. The van der Waals surface area contributed by atoms with E-state index in [0.717, 1.165) is 38.5 Å². The van der Waals surface area contributed by atoms with E-state index in [-0.39, 0.29) is 5.91 Å². The number of rotatable bonds is 5. The lowest BCUT2D eigenvalue weighted by Gasteiger charge is -2.13. The van der Waals surface area contributed by atoms with Gasteiger partial charge in [0.1, 0.15) is 10.7 Å². The zero-order valence-electron chi connectivity index (χ0n) is 15.6. The lowest BCUT2D eigenvalue weighted by atomic mass is 10.1. The summed E-state index contributed by atoms with van der Waals surface area (Å²) in [5.74, 6) is 0.244. The first-order chi connectivity index (χ1) is 12.9. The summed E-state index contributed by atoms with van der Waals surface area (Å²) in [6.07, 6.45) is 0.812. The van der Waals surface area contributed by atoms with Crippen molar-refractivity contribution in [2.45, 2.75) is 32.9 Å². The Kier molecular flexibility index (Phi) is 6.17. The van der Waals surface area contributed by atoms with Gasteiger partial charge in [0.2, 0.25) is 5.91 Å². The molecular formula is C21H22BrN3OS. The molecule has 1 N–H and O–H groups in total. The Bertz CT molecular complexity index is 891. The number of benzene rings is 2. The normalized spacial score (nSPS) is 18.8. The van der Waals surface area contributed by atoms with Crippen LogP contribution in [0.4, 0.5) is 5.69 Å². The molecule has 0 aromatic heterocycles. The largest absolute Gasteiger partial charge is 0.325 e. The van der Waals surface area contributed by atoms with E-state index < -0.39 is 5.66 Å². The van der Waals surface area contributed by atoms with Gasteiger partial charge >= 0.3 is 0 Å². The topological polar surface area (TPSA) is 53.8 Å². The summed E-state index contributed by atoms with van der Waals surface area (Å²) in [6.45, 7) is 6.11. The van der Waals surface area contributed by atoms with Crippen LogP contribution in [-0.2, 0) is 4.79 Å². The number of aliphatic imine (C=N–C) groups is 2. The molecule has 3 rings (SSSR count). The molecule has 27 heavy (non-hydrogen) atoms. The van der Waals surface area contributed by atoms with E-state index in [0.29, 0.717) is 5.75 Å². The van der Waals surface area contributed by atoms with Gasteiger partial charge in [-0.25, -0.2) is 4.99 Å². The molecule has 1 unspecified atom stereocenters. The van der Waals surface area contributed by atoms with Crippen LogP contribution >= 0.6 is 27.7 Å². The van der Waals surface area contributed by atoms with Crippen LogP contribution in [0.5, 0.6) is 0 Å². The highest BCUT2D eigenvalue weighted by Gasteiger charge is 2.31. The molecule has 1 atom stereocenters. The van der Waals surface area contributed by atoms with Crippen LogP contribution in [0.1, 0.15) is 31.4 Å². The number of thioether (sulfide) groups is 1. The van der Waals surface area contributed by atoms with Crippen molar-refractivity contribution in [3.8, 4) is 0 Å². The van der Waals surface area contributed by atoms with Crippen molar-refractivity contribution < 1.29 is 4.79 Å². The lowest BCUT2D eigenvalue weighted by Crippen LogP contribution is -2.17. The predicted molar refractivity (Wildman–Crippen MR) is 119 cm³/mol. The third-order valence-electron chi connectivity index (χ3n) is 4.36. The molecule has 0 fully saturated rings.